The Morgan fingerprint density at radius 3 is 2.44 bits per heavy atom. The number of ether oxygens (including phenoxy) is 1. The van der Waals surface area contributed by atoms with Crippen molar-refractivity contribution in [3.05, 3.63) is 40.7 Å². The highest BCUT2D eigenvalue weighted by Crippen LogP contribution is 2.42. The van der Waals surface area contributed by atoms with Crippen LogP contribution in [0.2, 0.25) is 5.02 Å². The van der Waals surface area contributed by atoms with Crippen LogP contribution in [0.3, 0.4) is 0 Å². The van der Waals surface area contributed by atoms with Gasteiger partial charge in [0.2, 0.25) is 0 Å². The van der Waals surface area contributed by atoms with E-state index in [1.165, 1.54) is 6.07 Å². The molecule has 1 N–H and O–H groups in total. The number of aromatic nitrogens is 2. The van der Waals surface area contributed by atoms with Gasteiger partial charge in [0, 0.05) is 44.5 Å². The summed E-state index contributed by atoms with van der Waals surface area (Å²) in [7, 11) is 0. The van der Waals surface area contributed by atoms with Gasteiger partial charge >= 0.3 is 6.18 Å². The Kier molecular flexibility index (Phi) is 6.70. The molecule has 2 aromatic rings. The van der Waals surface area contributed by atoms with Crippen LogP contribution in [0.1, 0.15) is 31.2 Å². The standard InChI is InChI=1S/C24H27ClF4N4O/c25-21-2-1-17(26)9-19(21)23-20(24(27,28)29)10-22(31-32-23)30-18-7-15-12-33(13-16(15)8-18)11-14-3-5-34-6-4-14/h1-2,9-10,14-16,18H,3-8,11-13H2,(H,30,31)/t15-,16+,18?. The van der Waals surface area contributed by atoms with Crippen molar-refractivity contribution in [2.75, 3.05) is 38.2 Å². The highest BCUT2D eigenvalue weighted by molar-refractivity contribution is 6.33. The predicted molar refractivity (Wildman–Crippen MR) is 121 cm³/mol. The maximum atomic E-state index is 13.8. The largest absolute Gasteiger partial charge is 0.418 e. The molecule has 34 heavy (non-hydrogen) atoms. The quantitative estimate of drug-likeness (QED) is 0.551. The number of alkyl halides is 3. The number of likely N-dealkylation sites (tertiary alicyclic amines) is 1. The average molecular weight is 499 g/mol. The highest BCUT2D eigenvalue weighted by atomic mass is 35.5. The molecule has 3 heterocycles. The van der Waals surface area contributed by atoms with Crippen LogP contribution in [0.4, 0.5) is 23.4 Å². The Morgan fingerprint density at radius 1 is 1.06 bits per heavy atom. The summed E-state index contributed by atoms with van der Waals surface area (Å²) in [6.07, 6.45) is -0.654. The molecule has 0 spiro atoms. The van der Waals surface area contributed by atoms with Gasteiger partial charge in [0.1, 0.15) is 17.3 Å². The van der Waals surface area contributed by atoms with Gasteiger partial charge in [0.15, 0.2) is 0 Å². The summed E-state index contributed by atoms with van der Waals surface area (Å²) in [5.74, 6) is 1.16. The van der Waals surface area contributed by atoms with Crippen molar-refractivity contribution in [3.8, 4) is 11.3 Å². The predicted octanol–water partition coefficient (Wildman–Crippen LogP) is 5.50. The summed E-state index contributed by atoms with van der Waals surface area (Å²) < 4.78 is 60.6. The second kappa shape index (κ2) is 9.59. The maximum Gasteiger partial charge on any atom is 0.418 e. The zero-order valence-electron chi connectivity index (χ0n) is 18.6. The number of rotatable bonds is 5. The third-order valence-corrected chi connectivity index (χ3v) is 7.65. The van der Waals surface area contributed by atoms with E-state index in [1.807, 2.05) is 0 Å². The fraction of sp³-hybridized carbons (Fsp3) is 0.583. The van der Waals surface area contributed by atoms with E-state index in [9.17, 15) is 17.6 Å². The molecule has 0 bridgehead atoms. The Labute approximate surface area is 200 Å². The topological polar surface area (TPSA) is 50.3 Å². The normalized spacial score (nSPS) is 26.1. The minimum absolute atomic E-state index is 0.0177. The van der Waals surface area contributed by atoms with E-state index >= 15 is 0 Å². The van der Waals surface area contributed by atoms with Gasteiger partial charge in [-0.15, -0.1) is 10.2 Å². The van der Waals surface area contributed by atoms with E-state index in [-0.39, 0.29) is 22.4 Å². The van der Waals surface area contributed by atoms with E-state index in [1.54, 1.807) is 0 Å². The number of fused-ring (bicyclic) bond motifs is 1. The van der Waals surface area contributed by atoms with Crippen LogP contribution in [-0.4, -0.2) is 54.0 Å². The fourth-order valence-corrected chi connectivity index (χ4v) is 5.93. The molecule has 3 atom stereocenters. The molecule has 1 unspecified atom stereocenters. The maximum absolute atomic E-state index is 13.8. The van der Waals surface area contributed by atoms with Crippen molar-refractivity contribution in [1.82, 2.24) is 15.1 Å². The SMILES string of the molecule is Fc1ccc(Cl)c(-c2nnc(NC3C[C@@H]4CN(CC5CCOCC5)C[C@@H]4C3)cc2C(F)(F)F)c1. The molecule has 1 aromatic heterocycles. The summed E-state index contributed by atoms with van der Waals surface area (Å²) in [6, 6.07) is 4.25. The molecule has 2 aliphatic heterocycles. The second-order valence-electron chi connectivity index (χ2n) is 9.72. The lowest BCUT2D eigenvalue weighted by molar-refractivity contribution is -0.137. The molecule has 1 saturated carbocycles. The van der Waals surface area contributed by atoms with Crippen LogP contribution in [0.15, 0.2) is 24.3 Å². The van der Waals surface area contributed by atoms with E-state index in [0.717, 1.165) is 76.7 Å². The molecule has 1 aliphatic carbocycles. The molecule has 2 saturated heterocycles. The first kappa shape index (κ1) is 23.8. The van der Waals surface area contributed by atoms with Gasteiger partial charge in [0.05, 0.1) is 10.6 Å². The molecule has 5 nitrogen and oxygen atoms in total. The number of halogens is 5. The van der Waals surface area contributed by atoms with Crippen molar-refractivity contribution >= 4 is 17.4 Å². The molecule has 0 amide bonds. The lowest BCUT2D eigenvalue weighted by Gasteiger charge is -2.27. The first-order valence-corrected chi connectivity index (χ1v) is 12.1. The first-order valence-electron chi connectivity index (χ1n) is 11.7. The van der Waals surface area contributed by atoms with Crippen molar-refractivity contribution in [2.45, 2.75) is 37.9 Å². The summed E-state index contributed by atoms with van der Waals surface area (Å²) in [4.78, 5) is 2.54. The Hall–Kier alpha value is -1.97. The van der Waals surface area contributed by atoms with Crippen molar-refractivity contribution in [3.63, 3.8) is 0 Å². The van der Waals surface area contributed by atoms with Gasteiger partial charge < -0.3 is 15.0 Å². The summed E-state index contributed by atoms with van der Waals surface area (Å²) in [6.45, 7) is 4.89. The lowest BCUT2D eigenvalue weighted by atomic mass is 10.00. The zero-order chi connectivity index (χ0) is 23.9. The van der Waals surface area contributed by atoms with Gasteiger partial charge in [-0.2, -0.15) is 13.2 Å². The van der Waals surface area contributed by atoms with Crippen LogP contribution >= 0.6 is 11.6 Å². The second-order valence-corrected chi connectivity index (χ2v) is 10.1. The van der Waals surface area contributed by atoms with E-state index in [2.05, 4.69) is 20.4 Å². The van der Waals surface area contributed by atoms with Gasteiger partial charge in [0.25, 0.3) is 0 Å². The molecule has 3 fully saturated rings. The number of benzene rings is 1. The smallest absolute Gasteiger partial charge is 0.381 e. The molecule has 5 rings (SSSR count). The van der Waals surface area contributed by atoms with Crippen LogP contribution < -0.4 is 5.32 Å². The molecule has 3 aliphatic rings. The van der Waals surface area contributed by atoms with Gasteiger partial charge in [-0.25, -0.2) is 4.39 Å². The molecular weight excluding hydrogens is 472 g/mol. The number of hydrogen-bond donors (Lipinski definition) is 1. The molecule has 184 valence electrons. The minimum atomic E-state index is -4.69. The van der Waals surface area contributed by atoms with Crippen LogP contribution in [0, 0.1) is 23.6 Å². The van der Waals surface area contributed by atoms with Crippen LogP contribution in [-0.2, 0) is 10.9 Å². The Balaban J connectivity index is 1.26. The monoisotopic (exact) mass is 498 g/mol. The highest BCUT2D eigenvalue weighted by Gasteiger charge is 2.42. The van der Waals surface area contributed by atoms with Crippen molar-refractivity contribution in [1.29, 1.82) is 0 Å². The van der Waals surface area contributed by atoms with Gasteiger partial charge in [-0.1, -0.05) is 11.6 Å². The number of nitrogens with one attached hydrogen (secondary N) is 1. The van der Waals surface area contributed by atoms with E-state index in [4.69, 9.17) is 16.3 Å². The van der Waals surface area contributed by atoms with Crippen LogP contribution in [0.5, 0.6) is 0 Å². The van der Waals surface area contributed by atoms with Crippen molar-refractivity contribution in [2.24, 2.45) is 17.8 Å². The lowest BCUT2D eigenvalue weighted by Crippen LogP contribution is -2.32. The average Bonchev–Trinajstić information content (AvgIpc) is 3.33. The molecule has 1 aromatic carbocycles. The molecule has 10 heteroatoms. The number of nitrogens with zero attached hydrogens (tertiary/aromatic N) is 3. The number of anilines is 1. The summed E-state index contributed by atoms with van der Waals surface area (Å²) in [5, 5.41) is 10.9. The minimum Gasteiger partial charge on any atom is -0.381 e. The number of hydrogen-bond acceptors (Lipinski definition) is 5. The van der Waals surface area contributed by atoms with Crippen molar-refractivity contribution < 1.29 is 22.3 Å². The Bertz CT molecular complexity index is 1020. The summed E-state index contributed by atoms with van der Waals surface area (Å²) in [5.41, 5.74) is -1.60. The Morgan fingerprint density at radius 2 is 1.76 bits per heavy atom. The third kappa shape index (κ3) is 5.16. The molecule has 0 radical (unpaired) electrons. The van der Waals surface area contributed by atoms with Crippen LogP contribution in [0.25, 0.3) is 11.3 Å². The van der Waals surface area contributed by atoms with E-state index in [0.29, 0.717) is 17.8 Å². The van der Waals surface area contributed by atoms with Gasteiger partial charge in [-0.05, 0) is 67.7 Å². The zero-order valence-corrected chi connectivity index (χ0v) is 19.4. The molecular formula is C24H27ClF4N4O. The first-order chi connectivity index (χ1) is 16.3. The van der Waals surface area contributed by atoms with E-state index < -0.39 is 23.3 Å². The third-order valence-electron chi connectivity index (χ3n) is 7.32. The fourth-order valence-electron chi connectivity index (χ4n) is 5.72. The van der Waals surface area contributed by atoms with Gasteiger partial charge in [-0.3, -0.25) is 0 Å². The summed E-state index contributed by atoms with van der Waals surface area (Å²) >= 11 is 6.03.